The third-order valence-corrected chi connectivity index (χ3v) is 16.1. The van der Waals surface area contributed by atoms with E-state index in [2.05, 4.69) is 262 Å². The highest BCUT2D eigenvalue weighted by molar-refractivity contribution is 6.29. The Morgan fingerprint density at radius 3 is 1.03 bits per heavy atom. The number of rotatable bonds is 8. The third-order valence-electron chi connectivity index (χ3n) is 16.1. The number of para-hydroxylation sites is 8. The number of fused-ring (bicyclic) bond motifs is 17. The van der Waals surface area contributed by atoms with Gasteiger partial charge in [-0.05, 0) is 133 Å². The molecule has 79 heavy (non-hydrogen) atoms. The molecule has 7 heteroatoms. The van der Waals surface area contributed by atoms with Crippen molar-refractivity contribution in [3.05, 3.63) is 267 Å². The molecule has 5 heterocycles. The third kappa shape index (κ3) is 6.41. The molecule has 5 aromatic heterocycles. The maximum Gasteiger partial charge on any atom is 0.159 e. The predicted molar refractivity (Wildman–Crippen MR) is 326 cm³/mol. The fraction of sp³-hybridized carbons (Fsp3) is 0. The van der Waals surface area contributed by atoms with E-state index in [1.807, 2.05) is 24.3 Å². The van der Waals surface area contributed by atoms with E-state index in [-0.39, 0.29) is 0 Å². The highest BCUT2D eigenvalue weighted by Gasteiger charge is 2.25. The molecule has 0 spiro atoms. The topological polar surface area (TPSA) is 55.8 Å². The molecule has 7 nitrogen and oxygen atoms in total. The van der Waals surface area contributed by atoms with Gasteiger partial charge in [-0.2, -0.15) is 0 Å². The zero-order valence-corrected chi connectivity index (χ0v) is 42.4. The van der Waals surface area contributed by atoms with Crippen molar-refractivity contribution < 1.29 is 13.3 Å². The second-order valence-corrected chi connectivity index (χ2v) is 20.4. The van der Waals surface area contributed by atoms with Crippen molar-refractivity contribution in [2.24, 2.45) is 0 Å². The van der Waals surface area contributed by atoms with Gasteiger partial charge in [0, 0.05) is 77.2 Å². The average Bonchev–Trinajstić information content (AvgIpc) is 4.39. The van der Waals surface area contributed by atoms with Crippen molar-refractivity contribution in [3.63, 3.8) is 0 Å². The summed E-state index contributed by atoms with van der Waals surface area (Å²) in [5, 5.41) is 11.0. The summed E-state index contributed by atoms with van der Waals surface area (Å²) in [4.78, 5) is 4.58. The summed E-state index contributed by atoms with van der Waals surface area (Å²) in [6, 6.07) is 94.5. The number of hydrogen-bond acceptors (Lipinski definition) is 5. The quantitative estimate of drug-likeness (QED) is 0.152. The molecule has 0 radical (unpaired) electrons. The lowest BCUT2D eigenvalue weighted by Crippen LogP contribution is -2.10. The van der Waals surface area contributed by atoms with Gasteiger partial charge in [0.1, 0.15) is 22.3 Å². The van der Waals surface area contributed by atoms with E-state index >= 15 is 0 Å². The van der Waals surface area contributed by atoms with Crippen LogP contribution in [-0.4, -0.2) is 9.13 Å². The molecule has 17 rings (SSSR count). The van der Waals surface area contributed by atoms with Crippen LogP contribution < -0.4 is 9.80 Å². The Bertz CT molecular complexity index is 4930. The lowest BCUT2D eigenvalue weighted by Gasteiger charge is -2.25. The van der Waals surface area contributed by atoms with Gasteiger partial charge in [-0.1, -0.05) is 133 Å². The molecule has 0 saturated carbocycles. The Kier molecular flexibility index (Phi) is 9.28. The van der Waals surface area contributed by atoms with Crippen LogP contribution in [0, 0.1) is 0 Å². The lowest BCUT2D eigenvalue weighted by molar-refractivity contribution is 0.668. The number of benzene rings is 12. The van der Waals surface area contributed by atoms with Gasteiger partial charge >= 0.3 is 0 Å². The van der Waals surface area contributed by atoms with Crippen LogP contribution >= 0.6 is 0 Å². The molecule has 0 bridgehead atoms. The SMILES string of the molecule is c1ccc(N(c2ccc(-n3c4ccccc4c4c5oc6c(ccc7c6c6ccccc6n7-c6ccc(N(c7ccccc7)c7cccc8c7oc7ccccc78)cc6)c5ccc43)cc2)c2cccc3c2oc2ccccc23)cc1. The van der Waals surface area contributed by atoms with Crippen LogP contribution in [0.25, 0.3) is 121 Å². The highest BCUT2D eigenvalue weighted by Crippen LogP contribution is 2.48. The van der Waals surface area contributed by atoms with Crippen molar-refractivity contribution in [2.75, 3.05) is 9.80 Å². The summed E-state index contributed by atoms with van der Waals surface area (Å²) in [6.07, 6.45) is 0. The molecular weight excluding hydrogens is 969 g/mol. The van der Waals surface area contributed by atoms with Gasteiger partial charge in [-0.25, -0.2) is 0 Å². The fourth-order valence-corrected chi connectivity index (χ4v) is 12.7. The Balaban J connectivity index is 0.796. The van der Waals surface area contributed by atoms with Gasteiger partial charge in [0.2, 0.25) is 0 Å². The van der Waals surface area contributed by atoms with Crippen molar-refractivity contribution >= 4 is 144 Å². The summed E-state index contributed by atoms with van der Waals surface area (Å²) in [6.45, 7) is 0. The summed E-state index contributed by atoms with van der Waals surface area (Å²) in [5.74, 6) is 0. The normalized spacial score (nSPS) is 12.1. The van der Waals surface area contributed by atoms with Gasteiger partial charge in [0.05, 0.1) is 44.2 Å². The van der Waals surface area contributed by atoms with Gasteiger partial charge in [0.25, 0.3) is 0 Å². The van der Waals surface area contributed by atoms with E-state index in [1.165, 1.54) is 0 Å². The van der Waals surface area contributed by atoms with Crippen molar-refractivity contribution in [2.45, 2.75) is 0 Å². The van der Waals surface area contributed by atoms with E-state index in [1.54, 1.807) is 0 Å². The van der Waals surface area contributed by atoms with Crippen LogP contribution in [-0.2, 0) is 0 Å². The number of furan rings is 3. The number of anilines is 6. The van der Waals surface area contributed by atoms with Crippen molar-refractivity contribution in [1.29, 1.82) is 0 Å². The van der Waals surface area contributed by atoms with Crippen LogP contribution in [0.5, 0.6) is 0 Å². The Hall–Kier alpha value is -10.8. The lowest BCUT2D eigenvalue weighted by atomic mass is 10.1. The second kappa shape index (κ2) is 16.9. The molecule has 370 valence electrons. The second-order valence-electron chi connectivity index (χ2n) is 20.4. The molecule has 0 amide bonds. The summed E-state index contributed by atoms with van der Waals surface area (Å²) >= 11 is 0. The number of nitrogens with zero attached hydrogens (tertiary/aromatic N) is 4. The molecule has 0 atom stereocenters. The Morgan fingerprint density at radius 2 is 0.582 bits per heavy atom. The van der Waals surface area contributed by atoms with Crippen molar-refractivity contribution in [3.8, 4) is 11.4 Å². The monoisotopic (exact) mass is 1010 g/mol. The predicted octanol–water partition coefficient (Wildman–Crippen LogP) is 20.5. The standard InChI is InChI=1S/C72H44N4O3/c1-3-17-45(18-4-1)73(63-29-15-25-53-51-21-9-13-31-65(51)77-69(53)63)47-33-37-49(38-34-47)75-59-27-11-7-23-57(59)67-61(75)43-41-55-56-42-44-62-68(72(56)79-71(55)67)58-24-8-12-28-60(58)76(62)50-39-35-48(36-40-50)74(46-19-5-2-6-20-46)64-30-16-26-54-52-22-10-14-32-66(52)78-70(54)64/h1-44H. The first-order valence-electron chi connectivity index (χ1n) is 26.7. The minimum atomic E-state index is 0.852. The van der Waals surface area contributed by atoms with Gasteiger partial charge in [0.15, 0.2) is 11.2 Å². The zero-order valence-electron chi connectivity index (χ0n) is 42.4. The Morgan fingerprint density at radius 1 is 0.228 bits per heavy atom. The highest BCUT2D eigenvalue weighted by atomic mass is 16.3. The van der Waals surface area contributed by atoms with Gasteiger partial charge < -0.3 is 32.2 Å². The van der Waals surface area contributed by atoms with Crippen LogP contribution in [0.3, 0.4) is 0 Å². The molecule has 12 aromatic carbocycles. The molecule has 0 N–H and O–H groups in total. The van der Waals surface area contributed by atoms with Crippen LogP contribution in [0.1, 0.15) is 0 Å². The molecule has 0 aliphatic heterocycles. The molecule has 0 fully saturated rings. The maximum absolute atomic E-state index is 7.35. The van der Waals surface area contributed by atoms with Crippen LogP contribution in [0.2, 0.25) is 0 Å². The molecule has 0 saturated heterocycles. The van der Waals surface area contributed by atoms with E-state index < -0.39 is 0 Å². The average molecular weight is 1010 g/mol. The first-order valence-corrected chi connectivity index (χ1v) is 26.7. The van der Waals surface area contributed by atoms with Crippen LogP contribution in [0.4, 0.5) is 34.1 Å². The summed E-state index contributed by atoms with van der Waals surface area (Å²) < 4.78 is 25.3. The van der Waals surface area contributed by atoms with Gasteiger partial charge in [-0.15, -0.1) is 0 Å². The Labute approximate surface area is 451 Å². The summed E-state index contributed by atoms with van der Waals surface area (Å²) in [5.41, 5.74) is 17.8. The summed E-state index contributed by atoms with van der Waals surface area (Å²) in [7, 11) is 0. The van der Waals surface area contributed by atoms with E-state index in [0.29, 0.717) is 0 Å². The van der Waals surface area contributed by atoms with Crippen LogP contribution in [0.15, 0.2) is 280 Å². The molecule has 0 unspecified atom stereocenters. The van der Waals surface area contributed by atoms with Crippen molar-refractivity contribution in [1.82, 2.24) is 9.13 Å². The minimum Gasteiger partial charge on any atom is -0.455 e. The minimum absolute atomic E-state index is 0.852. The molecular formula is C72H44N4O3. The smallest absolute Gasteiger partial charge is 0.159 e. The first-order chi connectivity index (χ1) is 39.2. The number of aromatic nitrogens is 2. The molecule has 0 aliphatic carbocycles. The largest absolute Gasteiger partial charge is 0.455 e. The fourth-order valence-electron chi connectivity index (χ4n) is 12.7. The molecule has 0 aliphatic rings. The van der Waals surface area contributed by atoms with E-state index in [0.717, 1.165) is 155 Å². The van der Waals surface area contributed by atoms with Gasteiger partial charge in [-0.3, -0.25) is 0 Å². The van der Waals surface area contributed by atoms with E-state index in [9.17, 15) is 0 Å². The maximum atomic E-state index is 7.35. The van der Waals surface area contributed by atoms with E-state index in [4.69, 9.17) is 13.3 Å². The zero-order chi connectivity index (χ0) is 51.7. The molecule has 17 aromatic rings. The number of hydrogen-bond donors (Lipinski definition) is 0. The first kappa shape index (κ1) is 43.5.